The Kier molecular flexibility index (Phi) is 6.90. The minimum absolute atomic E-state index is 0.0432. The number of fused-ring (bicyclic) bond motifs is 1. The molecule has 14 heteroatoms. The first-order valence-corrected chi connectivity index (χ1v) is 11.0. The fourth-order valence-electron chi connectivity index (χ4n) is 2.43. The number of rotatable bonds is 10. The molecule has 0 aliphatic heterocycles. The van der Waals surface area contributed by atoms with Crippen molar-refractivity contribution in [3.8, 4) is 0 Å². The number of alkyl halides is 3. The van der Waals surface area contributed by atoms with E-state index in [-0.39, 0.29) is 31.0 Å². The molecular formula is C16H18F3N5O4S2. The lowest BCUT2D eigenvalue weighted by Crippen LogP contribution is -2.25. The van der Waals surface area contributed by atoms with Crippen molar-refractivity contribution in [2.75, 3.05) is 19.0 Å². The Bertz CT molecular complexity index is 1100. The first-order valence-electron chi connectivity index (χ1n) is 8.67. The third kappa shape index (κ3) is 6.10. The molecule has 0 bridgehead atoms. The largest absolute Gasteiger partial charge is 0.389 e. The predicted octanol–water partition coefficient (Wildman–Crippen LogP) is 3.06. The molecule has 0 unspecified atom stereocenters. The minimum atomic E-state index is -4.32. The van der Waals surface area contributed by atoms with Gasteiger partial charge in [-0.2, -0.15) is 18.2 Å². The first-order chi connectivity index (χ1) is 14.2. The number of hydrogen-bond donors (Lipinski definition) is 2. The summed E-state index contributed by atoms with van der Waals surface area (Å²) in [5.74, 6) is 0.754. The van der Waals surface area contributed by atoms with Crippen LogP contribution < -0.4 is 10.0 Å². The van der Waals surface area contributed by atoms with Gasteiger partial charge >= 0.3 is 6.18 Å². The molecule has 30 heavy (non-hydrogen) atoms. The van der Waals surface area contributed by atoms with Crippen molar-refractivity contribution in [3.05, 3.63) is 29.9 Å². The Morgan fingerprint density at radius 3 is 2.80 bits per heavy atom. The topological polar surface area (TPSA) is 119 Å². The second kappa shape index (κ2) is 9.24. The molecule has 0 saturated heterocycles. The number of nitrogens with one attached hydrogen (secondary N) is 2. The van der Waals surface area contributed by atoms with Crippen LogP contribution in [0.3, 0.4) is 0 Å². The number of hydrogen-bond acceptors (Lipinski definition) is 9. The summed E-state index contributed by atoms with van der Waals surface area (Å²) in [5, 5.41) is 7.28. The van der Waals surface area contributed by atoms with E-state index in [1.54, 1.807) is 0 Å². The van der Waals surface area contributed by atoms with Crippen LogP contribution >= 0.6 is 11.3 Å². The van der Waals surface area contributed by atoms with Crippen LogP contribution in [0.1, 0.15) is 24.6 Å². The lowest BCUT2D eigenvalue weighted by molar-refractivity contribution is -0.135. The number of nitrogens with zero attached hydrogens (tertiary/aromatic N) is 3. The summed E-state index contributed by atoms with van der Waals surface area (Å²) in [7, 11) is -2.41. The van der Waals surface area contributed by atoms with Gasteiger partial charge < -0.3 is 14.6 Å². The van der Waals surface area contributed by atoms with Gasteiger partial charge in [-0.3, -0.25) is 0 Å². The van der Waals surface area contributed by atoms with E-state index in [9.17, 15) is 21.6 Å². The molecule has 2 aromatic heterocycles. The fourth-order valence-corrected chi connectivity index (χ4v) is 4.50. The van der Waals surface area contributed by atoms with E-state index in [1.165, 1.54) is 36.6 Å². The number of thiazole rings is 1. The Labute approximate surface area is 173 Å². The van der Waals surface area contributed by atoms with Crippen molar-refractivity contribution in [1.82, 2.24) is 19.8 Å². The van der Waals surface area contributed by atoms with Gasteiger partial charge in [0.1, 0.15) is 6.61 Å². The summed E-state index contributed by atoms with van der Waals surface area (Å²) in [6, 6.07) is 4.31. The normalized spacial score (nSPS) is 12.5. The van der Waals surface area contributed by atoms with Gasteiger partial charge in [-0.15, -0.1) is 0 Å². The average molecular weight is 465 g/mol. The number of ether oxygens (including phenoxy) is 1. The third-order valence-electron chi connectivity index (χ3n) is 3.77. The minimum Gasteiger partial charge on any atom is -0.377 e. The van der Waals surface area contributed by atoms with Crippen molar-refractivity contribution in [1.29, 1.82) is 0 Å². The van der Waals surface area contributed by atoms with Crippen LogP contribution in [-0.4, -0.2) is 43.4 Å². The highest BCUT2D eigenvalue weighted by Crippen LogP contribution is 2.28. The molecule has 0 amide bonds. The van der Waals surface area contributed by atoms with Crippen molar-refractivity contribution in [2.24, 2.45) is 0 Å². The van der Waals surface area contributed by atoms with Crippen LogP contribution in [0.5, 0.6) is 0 Å². The Hall–Kier alpha value is -2.29. The van der Waals surface area contributed by atoms with Gasteiger partial charge in [0.2, 0.25) is 15.9 Å². The summed E-state index contributed by atoms with van der Waals surface area (Å²) in [6.07, 6.45) is -5.70. The number of methoxy groups -OCH3 is 1. The van der Waals surface area contributed by atoms with E-state index in [4.69, 9.17) is 9.26 Å². The second-order valence-electron chi connectivity index (χ2n) is 6.16. The molecule has 0 radical (unpaired) electrons. The quantitative estimate of drug-likeness (QED) is 0.439. The molecule has 0 aliphatic rings. The Morgan fingerprint density at radius 1 is 1.27 bits per heavy atom. The average Bonchev–Trinajstić information content (AvgIpc) is 3.28. The highest BCUT2D eigenvalue weighted by molar-refractivity contribution is 7.89. The zero-order valence-corrected chi connectivity index (χ0v) is 17.3. The van der Waals surface area contributed by atoms with Crippen molar-refractivity contribution in [2.45, 2.75) is 37.1 Å². The van der Waals surface area contributed by atoms with Gasteiger partial charge in [-0.05, 0) is 24.6 Å². The zero-order valence-electron chi connectivity index (χ0n) is 15.7. The maximum absolute atomic E-state index is 12.3. The van der Waals surface area contributed by atoms with E-state index in [0.717, 1.165) is 0 Å². The first kappa shape index (κ1) is 22.4. The lowest BCUT2D eigenvalue weighted by Gasteiger charge is -2.08. The van der Waals surface area contributed by atoms with Gasteiger partial charge in [0, 0.05) is 20.1 Å². The molecule has 1 aromatic carbocycles. The monoisotopic (exact) mass is 465 g/mol. The summed E-state index contributed by atoms with van der Waals surface area (Å²) < 4.78 is 73.9. The van der Waals surface area contributed by atoms with Gasteiger partial charge in [0.15, 0.2) is 11.0 Å². The number of anilines is 1. The van der Waals surface area contributed by atoms with E-state index in [0.29, 0.717) is 27.1 Å². The molecule has 3 aromatic rings. The van der Waals surface area contributed by atoms with Gasteiger partial charge in [-0.25, -0.2) is 18.1 Å². The molecule has 2 heterocycles. The van der Waals surface area contributed by atoms with Gasteiger partial charge in [0.25, 0.3) is 0 Å². The van der Waals surface area contributed by atoms with Crippen LogP contribution in [0.4, 0.5) is 18.3 Å². The van der Waals surface area contributed by atoms with Crippen molar-refractivity contribution >= 4 is 36.7 Å². The zero-order chi connectivity index (χ0) is 21.8. The van der Waals surface area contributed by atoms with E-state index >= 15 is 0 Å². The molecule has 0 aliphatic carbocycles. The Morgan fingerprint density at radius 2 is 2.07 bits per heavy atom. The van der Waals surface area contributed by atoms with Crippen LogP contribution in [0.25, 0.3) is 10.2 Å². The molecule has 9 nitrogen and oxygen atoms in total. The summed E-state index contributed by atoms with van der Waals surface area (Å²) in [6.45, 7) is 0.152. The second-order valence-corrected chi connectivity index (χ2v) is 8.95. The summed E-state index contributed by atoms with van der Waals surface area (Å²) in [4.78, 5) is 8.43. The fraction of sp³-hybridized carbons (Fsp3) is 0.438. The molecule has 0 saturated carbocycles. The number of aromatic nitrogens is 3. The summed E-state index contributed by atoms with van der Waals surface area (Å²) in [5.41, 5.74) is 0.573. The van der Waals surface area contributed by atoms with Crippen molar-refractivity contribution < 1.29 is 30.8 Å². The highest BCUT2D eigenvalue weighted by atomic mass is 32.2. The number of benzene rings is 1. The molecule has 0 atom stereocenters. The smallest absolute Gasteiger partial charge is 0.377 e. The van der Waals surface area contributed by atoms with Gasteiger partial charge in [-0.1, -0.05) is 16.5 Å². The van der Waals surface area contributed by atoms with Crippen LogP contribution in [0, 0.1) is 0 Å². The lowest BCUT2D eigenvalue weighted by atomic mass is 10.3. The third-order valence-corrected chi connectivity index (χ3v) is 6.21. The van der Waals surface area contributed by atoms with Crippen LogP contribution in [-0.2, 0) is 27.9 Å². The molecule has 0 fully saturated rings. The van der Waals surface area contributed by atoms with Crippen LogP contribution in [0.15, 0.2) is 27.6 Å². The maximum atomic E-state index is 12.3. The SMILES string of the molecule is COCc1noc(CNc2nc3ccc(S(=O)(=O)NCCCC(F)(F)F)cc3s2)n1. The molecule has 164 valence electrons. The van der Waals surface area contributed by atoms with Gasteiger partial charge in [0.05, 0.1) is 21.7 Å². The van der Waals surface area contributed by atoms with Crippen LogP contribution in [0.2, 0.25) is 0 Å². The summed E-state index contributed by atoms with van der Waals surface area (Å²) >= 11 is 1.22. The molecule has 3 rings (SSSR count). The van der Waals surface area contributed by atoms with E-state index in [2.05, 4.69) is 25.2 Å². The standard InChI is InChI=1S/C16H18F3N5O4S2/c1-27-9-13-23-14(28-24-13)8-20-15-22-11-4-3-10(7-12(11)29-15)30(25,26)21-6-2-5-16(17,18)19/h3-4,7,21H,2,5-6,8-9H2,1H3,(H,20,22). The molecule has 0 spiro atoms. The highest BCUT2D eigenvalue weighted by Gasteiger charge is 2.26. The number of halogens is 3. The van der Waals surface area contributed by atoms with E-state index < -0.39 is 22.6 Å². The van der Waals surface area contributed by atoms with Crippen molar-refractivity contribution in [3.63, 3.8) is 0 Å². The number of sulfonamides is 1. The van der Waals surface area contributed by atoms with E-state index in [1.807, 2.05) is 0 Å². The maximum Gasteiger partial charge on any atom is 0.389 e. The predicted molar refractivity (Wildman–Crippen MR) is 102 cm³/mol. The molecular weight excluding hydrogens is 447 g/mol. The Balaban J connectivity index is 1.63. The molecule has 2 N–H and O–H groups in total.